The van der Waals surface area contributed by atoms with Crippen LogP contribution in [0.25, 0.3) is 11.2 Å². The molecule has 0 amide bonds. The van der Waals surface area contributed by atoms with Gasteiger partial charge in [-0.15, -0.1) is 0 Å². The van der Waals surface area contributed by atoms with Crippen LogP contribution < -0.4 is 15.2 Å². The highest BCUT2D eigenvalue weighted by Gasteiger charge is 2.17. The molecule has 1 aliphatic heterocycles. The van der Waals surface area contributed by atoms with Crippen LogP contribution in [0.1, 0.15) is 71.1 Å². The third-order valence-corrected chi connectivity index (χ3v) is 5.78. The highest BCUT2D eigenvalue weighted by Crippen LogP contribution is 2.26. The van der Waals surface area contributed by atoms with E-state index in [2.05, 4.69) is 26.8 Å². The van der Waals surface area contributed by atoms with Gasteiger partial charge in [0.2, 0.25) is 0 Å². The number of imidazole rings is 1. The number of nitrogens with two attached hydrogens (primary N) is 1. The first-order chi connectivity index (χ1) is 14.7. The lowest BCUT2D eigenvalue weighted by Gasteiger charge is -2.26. The van der Waals surface area contributed by atoms with Crippen LogP contribution >= 0.6 is 0 Å². The van der Waals surface area contributed by atoms with Crippen LogP contribution in [0.15, 0.2) is 0 Å². The lowest BCUT2D eigenvalue weighted by Crippen LogP contribution is -2.30. The largest absolute Gasteiger partial charge is 0.468 e. The van der Waals surface area contributed by atoms with E-state index in [1.807, 2.05) is 4.57 Å². The molecule has 8 heteroatoms. The summed E-state index contributed by atoms with van der Waals surface area (Å²) in [4.78, 5) is 15.9. The van der Waals surface area contributed by atoms with E-state index in [-0.39, 0.29) is 0 Å². The molecule has 0 radical (unpaired) electrons. The Kier molecular flexibility index (Phi) is 8.99. The number of methoxy groups -OCH3 is 1. The summed E-state index contributed by atoms with van der Waals surface area (Å²) in [5, 5.41) is 0. The monoisotopic (exact) mass is 418 g/mol. The number of anilines is 1. The predicted molar refractivity (Wildman–Crippen MR) is 120 cm³/mol. The number of piperidine rings is 1. The van der Waals surface area contributed by atoms with Crippen LogP contribution in [0.5, 0.6) is 12.0 Å². The Morgan fingerprint density at radius 1 is 0.900 bits per heavy atom. The number of fused-ring (bicyclic) bond motifs is 1. The molecule has 30 heavy (non-hydrogen) atoms. The number of nitrogens with zero attached hydrogens (tertiary/aromatic N) is 5. The first-order valence-electron chi connectivity index (χ1n) is 11.7. The van der Waals surface area contributed by atoms with Crippen LogP contribution in [-0.2, 0) is 6.54 Å². The number of aryl methyl sites for hydroxylation is 1. The minimum absolute atomic E-state index is 0.315. The van der Waals surface area contributed by atoms with Gasteiger partial charge in [-0.25, -0.2) is 0 Å². The molecule has 0 aliphatic carbocycles. The third-order valence-electron chi connectivity index (χ3n) is 5.78. The molecule has 0 bridgehead atoms. The fourth-order valence-corrected chi connectivity index (χ4v) is 4.03. The molecule has 0 saturated carbocycles. The third kappa shape index (κ3) is 6.20. The van der Waals surface area contributed by atoms with E-state index in [0.29, 0.717) is 35.6 Å². The van der Waals surface area contributed by atoms with Crippen molar-refractivity contribution in [3.8, 4) is 12.0 Å². The van der Waals surface area contributed by atoms with Gasteiger partial charge in [0.05, 0.1) is 13.7 Å². The fraction of sp³-hybridized carbons (Fsp3) is 0.773. The summed E-state index contributed by atoms with van der Waals surface area (Å²) < 4.78 is 13.1. The van der Waals surface area contributed by atoms with E-state index in [9.17, 15) is 0 Å². The normalized spacial score (nSPS) is 15.0. The molecule has 0 atom stereocenters. The van der Waals surface area contributed by atoms with Gasteiger partial charge in [0.15, 0.2) is 17.0 Å². The fourth-order valence-electron chi connectivity index (χ4n) is 4.03. The van der Waals surface area contributed by atoms with Crippen molar-refractivity contribution >= 4 is 17.0 Å². The van der Waals surface area contributed by atoms with Crippen molar-refractivity contribution in [2.75, 3.05) is 39.1 Å². The number of aromatic nitrogens is 4. The maximum atomic E-state index is 6.10. The lowest BCUT2D eigenvalue weighted by atomic mass is 10.1. The Hall–Kier alpha value is -2.09. The van der Waals surface area contributed by atoms with E-state index < -0.39 is 0 Å². The average Bonchev–Trinajstić information content (AvgIpc) is 3.12. The number of likely N-dealkylation sites (tertiary alicyclic amines) is 1. The number of hydrogen-bond acceptors (Lipinski definition) is 7. The van der Waals surface area contributed by atoms with Crippen molar-refractivity contribution in [3.05, 3.63) is 0 Å². The summed E-state index contributed by atoms with van der Waals surface area (Å²) in [6.45, 7) is 7.36. The second-order valence-electron chi connectivity index (χ2n) is 8.19. The van der Waals surface area contributed by atoms with Crippen molar-refractivity contribution < 1.29 is 9.47 Å². The molecule has 1 fully saturated rings. The number of ether oxygens (including phenoxy) is 2. The van der Waals surface area contributed by atoms with E-state index in [1.54, 1.807) is 7.11 Å². The van der Waals surface area contributed by atoms with Gasteiger partial charge in [-0.05, 0) is 51.7 Å². The summed E-state index contributed by atoms with van der Waals surface area (Å²) >= 11 is 0. The van der Waals surface area contributed by atoms with Crippen molar-refractivity contribution in [2.45, 2.75) is 77.7 Å². The second kappa shape index (κ2) is 11.9. The zero-order chi connectivity index (χ0) is 21.2. The maximum Gasteiger partial charge on any atom is 0.320 e. The Bertz CT molecular complexity index is 773. The predicted octanol–water partition coefficient (Wildman–Crippen LogP) is 4.03. The average molecular weight is 419 g/mol. The Labute approximate surface area is 180 Å². The van der Waals surface area contributed by atoms with Crippen LogP contribution in [0, 0.1) is 0 Å². The van der Waals surface area contributed by atoms with E-state index in [1.165, 1.54) is 64.6 Å². The summed E-state index contributed by atoms with van der Waals surface area (Å²) in [5.74, 6) is 0.335. The summed E-state index contributed by atoms with van der Waals surface area (Å²) in [5.41, 5.74) is 7.37. The van der Waals surface area contributed by atoms with Crippen molar-refractivity contribution in [2.24, 2.45) is 0 Å². The van der Waals surface area contributed by atoms with Crippen LogP contribution in [0.3, 0.4) is 0 Å². The summed E-state index contributed by atoms with van der Waals surface area (Å²) in [6.07, 6.45) is 12.3. The van der Waals surface area contributed by atoms with Gasteiger partial charge in [0.1, 0.15) is 0 Å². The highest BCUT2D eigenvalue weighted by atomic mass is 16.5. The molecular formula is C22H38N6O2. The van der Waals surface area contributed by atoms with E-state index >= 15 is 0 Å². The van der Waals surface area contributed by atoms with E-state index in [0.717, 1.165) is 25.8 Å². The second-order valence-corrected chi connectivity index (χ2v) is 8.19. The van der Waals surface area contributed by atoms with E-state index in [4.69, 9.17) is 15.2 Å². The molecule has 1 saturated heterocycles. The van der Waals surface area contributed by atoms with Crippen LogP contribution in [0.2, 0.25) is 0 Å². The minimum atomic E-state index is 0.315. The molecule has 0 spiro atoms. The molecule has 2 aromatic rings. The van der Waals surface area contributed by atoms with Gasteiger partial charge in [-0.1, -0.05) is 39.0 Å². The van der Waals surface area contributed by atoms with Gasteiger partial charge in [-0.3, -0.25) is 4.57 Å². The first kappa shape index (κ1) is 22.6. The smallest absolute Gasteiger partial charge is 0.320 e. The van der Waals surface area contributed by atoms with Gasteiger partial charge in [0, 0.05) is 6.54 Å². The van der Waals surface area contributed by atoms with Crippen LogP contribution in [0.4, 0.5) is 5.82 Å². The molecule has 2 N–H and O–H groups in total. The van der Waals surface area contributed by atoms with Crippen molar-refractivity contribution in [1.82, 2.24) is 24.4 Å². The molecule has 168 valence electrons. The zero-order valence-electron chi connectivity index (χ0n) is 18.7. The number of rotatable bonds is 13. The number of hydrogen-bond donors (Lipinski definition) is 1. The number of nitrogen functional groups attached to an aromatic ring is 1. The topological polar surface area (TPSA) is 91.3 Å². The van der Waals surface area contributed by atoms with Gasteiger partial charge in [0.25, 0.3) is 6.01 Å². The van der Waals surface area contributed by atoms with Crippen LogP contribution in [-0.4, -0.2) is 57.8 Å². The SMILES string of the molecule is CCCCOc1nc(N)c2nc(OC)n(CCCCCCCN3CCCCC3)c2n1. The Morgan fingerprint density at radius 3 is 2.37 bits per heavy atom. The molecule has 3 heterocycles. The molecule has 3 rings (SSSR count). The quantitative estimate of drug-likeness (QED) is 0.491. The van der Waals surface area contributed by atoms with Gasteiger partial charge in [-0.2, -0.15) is 15.0 Å². The van der Waals surface area contributed by atoms with Crippen molar-refractivity contribution in [1.29, 1.82) is 0 Å². The zero-order valence-corrected chi connectivity index (χ0v) is 18.7. The van der Waals surface area contributed by atoms with Gasteiger partial charge < -0.3 is 20.1 Å². The Morgan fingerprint density at radius 2 is 1.63 bits per heavy atom. The molecule has 0 unspecified atom stereocenters. The molecule has 2 aromatic heterocycles. The molecular weight excluding hydrogens is 380 g/mol. The van der Waals surface area contributed by atoms with Crippen molar-refractivity contribution in [3.63, 3.8) is 0 Å². The minimum Gasteiger partial charge on any atom is -0.468 e. The number of unbranched alkanes of at least 4 members (excludes halogenated alkanes) is 5. The highest BCUT2D eigenvalue weighted by molar-refractivity contribution is 5.83. The molecule has 0 aromatic carbocycles. The van der Waals surface area contributed by atoms with Gasteiger partial charge >= 0.3 is 6.01 Å². The standard InChI is InChI=1S/C22H38N6O2/c1-3-4-17-30-21-25-19(23)18-20(26-21)28(22(24-18)29-2)16-12-7-5-6-9-13-27-14-10-8-11-15-27/h3-17H2,1-2H3,(H2,23,25,26). The first-order valence-corrected chi connectivity index (χ1v) is 11.7. The summed E-state index contributed by atoms with van der Waals surface area (Å²) in [6, 6.07) is 0.844. The Balaban J connectivity index is 1.50. The summed E-state index contributed by atoms with van der Waals surface area (Å²) in [7, 11) is 1.63. The molecule has 1 aliphatic rings. The maximum absolute atomic E-state index is 6.10. The molecule has 8 nitrogen and oxygen atoms in total. The lowest BCUT2D eigenvalue weighted by molar-refractivity contribution is 0.224.